The third-order valence-corrected chi connectivity index (χ3v) is 4.65. The largest absolute Gasteiger partial charge is 0.381 e. The van der Waals surface area contributed by atoms with Crippen molar-refractivity contribution in [1.82, 2.24) is 5.32 Å². The molecule has 2 aromatic rings. The topological polar surface area (TPSA) is 38.3 Å². The van der Waals surface area contributed by atoms with Crippen LogP contribution in [0, 0.1) is 17.5 Å². The molecular formula is C19H18F3NO2. The molecule has 1 fully saturated rings. The first kappa shape index (κ1) is 17.5. The average molecular weight is 349 g/mol. The molecule has 0 atom stereocenters. The van der Waals surface area contributed by atoms with Crippen LogP contribution in [0.1, 0.15) is 28.8 Å². The first-order valence-electron chi connectivity index (χ1n) is 8.07. The SMILES string of the molecule is O=C(NCC1(c2cccc(F)c2)CCOCC1)c1ccc(F)cc1F. The summed E-state index contributed by atoms with van der Waals surface area (Å²) in [6, 6.07) is 9.08. The van der Waals surface area contributed by atoms with Gasteiger partial charge in [0.25, 0.3) is 5.91 Å². The van der Waals surface area contributed by atoms with E-state index in [0.717, 1.165) is 17.7 Å². The molecule has 132 valence electrons. The summed E-state index contributed by atoms with van der Waals surface area (Å²) in [5.74, 6) is -2.63. The Labute approximate surface area is 143 Å². The number of nitrogens with one attached hydrogen (secondary N) is 1. The lowest BCUT2D eigenvalue weighted by Gasteiger charge is -2.38. The summed E-state index contributed by atoms with van der Waals surface area (Å²) in [6.07, 6.45) is 1.23. The van der Waals surface area contributed by atoms with Gasteiger partial charge in [-0.3, -0.25) is 4.79 Å². The molecule has 1 saturated heterocycles. The highest BCUT2D eigenvalue weighted by atomic mass is 19.1. The smallest absolute Gasteiger partial charge is 0.254 e. The number of halogens is 3. The van der Waals surface area contributed by atoms with Crippen molar-refractivity contribution in [3.63, 3.8) is 0 Å². The molecule has 1 amide bonds. The van der Waals surface area contributed by atoms with Crippen molar-refractivity contribution < 1.29 is 22.7 Å². The molecule has 0 aromatic heterocycles. The summed E-state index contributed by atoms with van der Waals surface area (Å²) in [6.45, 7) is 1.21. The maximum absolute atomic E-state index is 13.8. The van der Waals surface area contributed by atoms with E-state index in [0.29, 0.717) is 32.1 Å². The first-order valence-corrected chi connectivity index (χ1v) is 8.07. The zero-order valence-electron chi connectivity index (χ0n) is 13.5. The fourth-order valence-corrected chi connectivity index (χ4v) is 3.17. The molecule has 3 nitrogen and oxygen atoms in total. The normalized spacial score (nSPS) is 16.4. The second-order valence-electron chi connectivity index (χ2n) is 6.21. The standard InChI is InChI=1S/C19H18F3NO2/c20-14-3-1-2-13(10-14)19(6-8-25-9-7-19)12-23-18(24)16-5-4-15(21)11-17(16)22/h1-5,10-11H,6-9,12H2,(H,23,24). The zero-order valence-corrected chi connectivity index (χ0v) is 13.5. The highest BCUT2D eigenvalue weighted by molar-refractivity contribution is 5.94. The average Bonchev–Trinajstić information content (AvgIpc) is 2.60. The fourth-order valence-electron chi connectivity index (χ4n) is 3.17. The molecule has 0 unspecified atom stereocenters. The minimum absolute atomic E-state index is 0.218. The third-order valence-electron chi connectivity index (χ3n) is 4.65. The molecule has 1 N–H and O–H groups in total. The summed E-state index contributed by atoms with van der Waals surface area (Å²) in [7, 11) is 0. The Bertz CT molecular complexity index is 773. The Hall–Kier alpha value is -2.34. The zero-order chi connectivity index (χ0) is 17.9. The van der Waals surface area contributed by atoms with Crippen LogP contribution >= 0.6 is 0 Å². The van der Waals surface area contributed by atoms with Gasteiger partial charge in [-0.25, -0.2) is 13.2 Å². The van der Waals surface area contributed by atoms with Gasteiger partial charge in [0.05, 0.1) is 5.56 Å². The van der Waals surface area contributed by atoms with Crippen molar-refractivity contribution in [1.29, 1.82) is 0 Å². The monoisotopic (exact) mass is 349 g/mol. The van der Waals surface area contributed by atoms with E-state index in [4.69, 9.17) is 4.74 Å². The molecular weight excluding hydrogens is 331 g/mol. The number of carbonyl (C=O) groups excluding carboxylic acids is 1. The van der Waals surface area contributed by atoms with Crippen LogP contribution in [0.25, 0.3) is 0 Å². The Kier molecular flexibility index (Phi) is 5.08. The third kappa shape index (κ3) is 3.85. The number of hydrogen-bond acceptors (Lipinski definition) is 2. The summed E-state index contributed by atoms with van der Waals surface area (Å²) in [4.78, 5) is 12.3. The van der Waals surface area contributed by atoms with Gasteiger partial charge in [0.1, 0.15) is 17.5 Å². The van der Waals surface area contributed by atoms with Crippen molar-refractivity contribution in [3.8, 4) is 0 Å². The lowest BCUT2D eigenvalue weighted by atomic mass is 9.74. The van der Waals surface area contributed by atoms with E-state index in [1.165, 1.54) is 12.1 Å². The summed E-state index contributed by atoms with van der Waals surface area (Å²) >= 11 is 0. The molecule has 1 heterocycles. The lowest BCUT2D eigenvalue weighted by Crippen LogP contribution is -2.44. The van der Waals surface area contributed by atoms with E-state index in [1.807, 2.05) is 6.07 Å². The van der Waals surface area contributed by atoms with Crippen LogP contribution in [0.5, 0.6) is 0 Å². The maximum Gasteiger partial charge on any atom is 0.254 e. The maximum atomic E-state index is 13.8. The van der Waals surface area contributed by atoms with Crippen LogP contribution < -0.4 is 5.32 Å². The predicted molar refractivity (Wildman–Crippen MR) is 86.8 cm³/mol. The van der Waals surface area contributed by atoms with Gasteiger partial charge in [0, 0.05) is 31.2 Å². The van der Waals surface area contributed by atoms with E-state index in [-0.39, 0.29) is 17.9 Å². The van der Waals surface area contributed by atoms with Crippen molar-refractivity contribution in [2.75, 3.05) is 19.8 Å². The number of rotatable bonds is 4. The van der Waals surface area contributed by atoms with Gasteiger partial charge in [0.15, 0.2) is 0 Å². The Morgan fingerprint density at radius 3 is 2.44 bits per heavy atom. The molecule has 0 bridgehead atoms. The first-order chi connectivity index (χ1) is 12.0. The minimum atomic E-state index is -0.913. The Morgan fingerprint density at radius 2 is 1.76 bits per heavy atom. The highest BCUT2D eigenvalue weighted by Gasteiger charge is 2.35. The van der Waals surface area contributed by atoms with E-state index in [9.17, 15) is 18.0 Å². The van der Waals surface area contributed by atoms with E-state index in [1.54, 1.807) is 6.07 Å². The molecule has 3 rings (SSSR count). The molecule has 0 radical (unpaired) electrons. The number of hydrogen-bond donors (Lipinski definition) is 1. The van der Waals surface area contributed by atoms with Crippen LogP contribution in [-0.2, 0) is 10.2 Å². The van der Waals surface area contributed by atoms with Crippen molar-refractivity contribution in [2.24, 2.45) is 0 Å². The van der Waals surface area contributed by atoms with Gasteiger partial charge < -0.3 is 10.1 Å². The molecule has 0 spiro atoms. The predicted octanol–water partition coefficient (Wildman–Crippen LogP) is 3.58. The fraction of sp³-hybridized carbons (Fsp3) is 0.316. The quantitative estimate of drug-likeness (QED) is 0.916. The summed E-state index contributed by atoms with van der Waals surface area (Å²) < 4.78 is 45.8. The molecule has 0 saturated carbocycles. The Morgan fingerprint density at radius 1 is 1.04 bits per heavy atom. The van der Waals surface area contributed by atoms with Crippen molar-refractivity contribution in [3.05, 3.63) is 71.0 Å². The van der Waals surface area contributed by atoms with E-state index < -0.39 is 23.0 Å². The van der Waals surface area contributed by atoms with Crippen LogP contribution in [-0.4, -0.2) is 25.7 Å². The van der Waals surface area contributed by atoms with Gasteiger partial charge in [-0.1, -0.05) is 12.1 Å². The van der Waals surface area contributed by atoms with Crippen LogP contribution in [0.2, 0.25) is 0 Å². The van der Waals surface area contributed by atoms with Crippen LogP contribution in [0.3, 0.4) is 0 Å². The minimum Gasteiger partial charge on any atom is -0.381 e. The number of benzene rings is 2. The Balaban J connectivity index is 1.80. The van der Waals surface area contributed by atoms with Gasteiger partial charge in [-0.05, 0) is 42.7 Å². The van der Waals surface area contributed by atoms with Gasteiger partial charge in [-0.15, -0.1) is 0 Å². The highest BCUT2D eigenvalue weighted by Crippen LogP contribution is 2.34. The molecule has 1 aliphatic rings. The van der Waals surface area contributed by atoms with Crippen LogP contribution in [0.4, 0.5) is 13.2 Å². The van der Waals surface area contributed by atoms with E-state index >= 15 is 0 Å². The second kappa shape index (κ2) is 7.27. The summed E-state index contributed by atoms with van der Waals surface area (Å²) in [5.41, 5.74) is 0.0745. The molecule has 0 aliphatic carbocycles. The lowest BCUT2D eigenvalue weighted by molar-refractivity contribution is 0.0486. The molecule has 1 aliphatic heterocycles. The molecule has 6 heteroatoms. The molecule has 2 aromatic carbocycles. The van der Waals surface area contributed by atoms with Gasteiger partial charge in [-0.2, -0.15) is 0 Å². The summed E-state index contributed by atoms with van der Waals surface area (Å²) in [5, 5.41) is 2.71. The van der Waals surface area contributed by atoms with Gasteiger partial charge >= 0.3 is 0 Å². The van der Waals surface area contributed by atoms with Crippen molar-refractivity contribution in [2.45, 2.75) is 18.3 Å². The number of amides is 1. The van der Waals surface area contributed by atoms with Crippen molar-refractivity contribution >= 4 is 5.91 Å². The number of carbonyl (C=O) groups is 1. The number of ether oxygens (including phenoxy) is 1. The second-order valence-corrected chi connectivity index (χ2v) is 6.21. The molecule has 25 heavy (non-hydrogen) atoms. The van der Waals surface area contributed by atoms with E-state index in [2.05, 4.69) is 5.32 Å². The van der Waals surface area contributed by atoms with Crippen LogP contribution in [0.15, 0.2) is 42.5 Å². The van der Waals surface area contributed by atoms with Gasteiger partial charge in [0.2, 0.25) is 0 Å².